The Morgan fingerprint density at radius 3 is 2.24 bits per heavy atom. The maximum Gasteiger partial charge on any atom is 0.494 e. The lowest BCUT2D eigenvalue weighted by Gasteiger charge is -2.32. The van der Waals surface area contributed by atoms with E-state index in [4.69, 9.17) is 13.8 Å². The second-order valence-corrected chi connectivity index (χ2v) is 7.94. The van der Waals surface area contributed by atoms with E-state index >= 15 is 0 Å². The van der Waals surface area contributed by atoms with Gasteiger partial charge in [-0.1, -0.05) is 35.5 Å². The molecule has 0 radical (unpaired) electrons. The summed E-state index contributed by atoms with van der Waals surface area (Å²) in [6.07, 6.45) is 0. The molecule has 8 nitrogen and oxygen atoms in total. The monoisotopic (exact) mass is 393 g/mol. The molecule has 2 heterocycles. The molecule has 3 aromatic rings. The first-order chi connectivity index (χ1) is 13.7. The van der Waals surface area contributed by atoms with Crippen LogP contribution in [0.4, 0.5) is 5.69 Å². The van der Waals surface area contributed by atoms with E-state index in [1.54, 1.807) is 12.1 Å². The zero-order valence-electron chi connectivity index (χ0n) is 16.6. The van der Waals surface area contributed by atoms with Gasteiger partial charge in [-0.25, -0.2) is 0 Å². The van der Waals surface area contributed by atoms with E-state index in [0.717, 1.165) is 11.0 Å². The van der Waals surface area contributed by atoms with E-state index in [1.807, 2.05) is 52.0 Å². The molecule has 1 fully saturated rings. The Balaban J connectivity index is 1.55. The van der Waals surface area contributed by atoms with Crippen LogP contribution in [0.15, 0.2) is 53.1 Å². The summed E-state index contributed by atoms with van der Waals surface area (Å²) >= 11 is 0. The summed E-state index contributed by atoms with van der Waals surface area (Å²) in [5, 5.41) is 14.9. The van der Waals surface area contributed by atoms with Gasteiger partial charge in [-0.15, -0.1) is 0 Å². The van der Waals surface area contributed by atoms with Crippen molar-refractivity contribution in [3.8, 4) is 22.8 Å². The van der Waals surface area contributed by atoms with E-state index in [9.17, 15) is 10.1 Å². The quantitative estimate of drug-likeness (QED) is 0.379. The number of nitro benzene ring substituents is 1. The molecule has 0 spiro atoms. The predicted octanol–water partition coefficient (Wildman–Crippen LogP) is 3.61. The Morgan fingerprint density at radius 1 is 0.966 bits per heavy atom. The molecule has 0 amide bonds. The fourth-order valence-electron chi connectivity index (χ4n) is 2.98. The van der Waals surface area contributed by atoms with Crippen LogP contribution < -0.4 is 5.46 Å². The molecule has 148 valence electrons. The van der Waals surface area contributed by atoms with Crippen molar-refractivity contribution in [2.45, 2.75) is 38.9 Å². The normalized spacial score (nSPS) is 17.4. The summed E-state index contributed by atoms with van der Waals surface area (Å²) in [6.45, 7) is 8.04. The van der Waals surface area contributed by atoms with Gasteiger partial charge in [0.25, 0.3) is 11.6 Å². The van der Waals surface area contributed by atoms with Crippen LogP contribution in [0.2, 0.25) is 0 Å². The lowest BCUT2D eigenvalue weighted by Crippen LogP contribution is -2.41. The Morgan fingerprint density at radius 2 is 1.62 bits per heavy atom. The summed E-state index contributed by atoms with van der Waals surface area (Å²) in [7, 11) is -0.445. The molecule has 0 atom stereocenters. The molecular formula is C20H20BN3O5. The largest absolute Gasteiger partial charge is 0.494 e. The molecule has 0 unspecified atom stereocenters. The van der Waals surface area contributed by atoms with Crippen LogP contribution in [-0.4, -0.2) is 33.4 Å². The third kappa shape index (κ3) is 3.54. The smallest absolute Gasteiger partial charge is 0.399 e. The molecule has 0 N–H and O–H groups in total. The van der Waals surface area contributed by atoms with Crippen LogP contribution in [0, 0.1) is 10.1 Å². The van der Waals surface area contributed by atoms with Crippen LogP contribution in [0.3, 0.4) is 0 Å². The second kappa shape index (κ2) is 6.79. The molecule has 29 heavy (non-hydrogen) atoms. The zero-order valence-corrected chi connectivity index (χ0v) is 16.6. The second-order valence-electron chi connectivity index (χ2n) is 7.94. The van der Waals surface area contributed by atoms with Gasteiger partial charge in [0.1, 0.15) is 0 Å². The molecule has 1 aliphatic rings. The number of rotatable bonds is 4. The first kappa shape index (κ1) is 19.3. The molecule has 0 aliphatic carbocycles. The number of nitrogens with zero attached hydrogens (tertiary/aromatic N) is 3. The van der Waals surface area contributed by atoms with Crippen molar-refractivity contribution < 1.29 is 18.8 Å². The zero-order chi connectivity index (χ0) is 20.8. The van der Waals surface area contributed by atoms with Gasteiger partial charge >= 0.3 is 7.12 Å². The van der Waals surface area contributed by atoms with Crippen molar-refractivity contribution >= 4 is 18.3 Å². The highest BCUT2D eigenvalue weighted by molar-refractivity contribution is 6.62. The van der Waals surface area contributed by atoms with Gasteiger partial charge in [0.05, 0.1) is 16.1 Å². The third-order valence-corrected chi connectivity index (χ3v) is 5.42. The molecule has 2 aromatic carbocycles. The molecule has 0 bridgehead atoms. The summed E-state index contributed by atoms with van der Waals surface area (Å²) in [5.41, 5.74) is 1.30. The molecule has 1 saturated heterocycles. The van der Waals surface area contributed by atoms with Gasteiger partial charge in [0.15, 0.2) is 0 Å². The average molecular weight is 393 g/mol. The SMILES string of the molecule is CC1(C)OB(c2ccc(-c3noc(-c4cccc([N+](=O)[O-])c4)n3)cc2)OC1(C)C. The van der Waals surface area contributed by atoms with Gasteiger partial charge in [0, 0.05) is 23.3 Å². The van der Waals surface area contributed by atoms with Crippen LogP contribution >= 0.6 is 0 Å². The van der Waals surface area contributed by atoms with Gasteiger partial charge in [-0.2, -0.15) is 4.98 Å². The fourth-order valence-corrected chi connectivity index (χ4v) is 2.98. The van der Waals surface area contributed by atoms with Crippen molar-refractivity contribution in [3.05, 3.63) is 58.6 Å². The molecule has 1 aliphatic heterocycles. The summed E-state index contributed by atoms with van der Waals surface area (Å²) in [6, 6.07) is 13.6. The minimum atomic E-state index is -0.463. The Hall–Kier alpha value is -3.04. The number of hydrogen-bond acceptors (Lipinski definition) is 7. The van der Waals surface area contributed by atoms with Crippen molar-refractivity contribution in [2.75, 3.05) is 0 Å². The highest BCUT2D eigenvalue weighted by Gasteiger charge is 2.51. The van der Waals surface area contributed by atoms with Crippen molar-refractivity contribution in [3.63, 3.8) is 0 Å². The van der Waals surface area contributed by atoms with Crippen LogP contribution in [0.5, 0.6) is 0 Å². The molecule has 0 saturated carbocycles. The van der Waals surface area contributed by atoms with Crippen LogP contribution in [0.25, 0.3) is 22.8 Å². The lowest BCUT2D eigenvalue weighted by molar-refractivity contribution is -0.384. The van der Waals surface area contributed by atoms with E-state index in [0.29, 0.717) is 11.4 Å². The van der Waals surface area contributed by atoms with Crippen LogP contribution in [0.1, 0.15) is 27.7 Å². The maximum atomic E-state index is 11.0. The number of nitro groups is 1. The van der Waals surface area contributed by atoms with Gasteiger partial charge in [-0.3, -0.25) is 10.1 Å². The first-order valence-corrected chi connectivity index (χ1v) is 9.21. The van der Waals surface area contributed by atoms with Gasteiger partial charge < -0.3 is 13.8 Å². The predicted molar refractivity (Wildman–Crippen MR) is 108 cm³/mol. The number of benzene rings is 2. The summed E-state index contributed by atoms with van der Waals surface area (Å²) < 4.78 is 17.4. The molecular weight excluding hydrogens is 373 g/mol. The van der Waals surface area contributed by atoms with E-state index in [2.05, 4.69) is 10.1 Å². The average Bonchev–Trinajstić information content (AvgIpc) is 3.25. The van der Waals surface area contributed by atoms with Gasteiger partial charge in [-0.05, 0) is 39.2 Å². The number of hydrogen-bond donors (Lipinski definition) is 0. The topological polar surface area (TPSA) is 101 Å². The van der Waals surface area contributed by atoms with Crippen LogP contribution in [-0.2, 0) is 9.31 Å². The van der Waals surface area contributed by atoms with E-state index in [-0.39, 0.29) is 11.6 Å². The Kier molecular flexibility index (Phi) is 4.51. The van der Waals surface area contributed by atoms with Crippen molar-refractivity contribution in [2.24, 2.45) is 0 Å². The lowest BCUT2D eigenvalue weighted by atomic mass is 9.79. The minimum Gasteiger partial charge on any atom is -0.399 e. The first-order valence-electron chi connectivity index (χ1n) is 9.21. The highest BCUT2D eigenvalue weighted by Crippen LogP contribution is 2.36. The summed E-state index contributed by atoms with van der Waals surface area (Å²) in [4.78, 5) is 14.8. The molecule has 4 rings (SSSR count). The van der Waals surface area contributed by atoms with Crippen molar-refractivity contribution in [1.82, 2.24) is 10.1 Å². The summed E-state index contributed by atoms with van der Waals surface area (Å²) in [5.74, 6) is 0.616. The third-order valence-electron chi connectivity index (χ3n) is 5.42. The number of non-ortho nitro benzene ring substituents is 1. The minimum absolute atomic E-state index is 0.0333. The molecule has 9 heteroatoms. The highest BCUT2D eigenvalue weighted by atomic mass is 16.7. The van der Waals surface area contributed by atoms with E-state index in [1.165, 1.54) is 12.1 Å². The van der Waals surface area contributed by atoms with E-state index < -0.39 is 23.2 Å². The maximum absolute atomic E-state index is 11.0. The van der Waals surface area contributed by atoms with Crippen molar-refractivity contribution in [1.29, 1.82) is 0 Å². The molecule has 1 aromatic heterocycles. The number of aromatic nitrogens is 2. The fraction of sp³-hybridized carbons (Fsp3) is 0.300. The standard InChI is InChI=1S/C20H20BN3O5/c1-19(2)20(3,4)29-21(28-19)15-10-8-13(9-11-15)17-22-18(27-23-17)14-6-5-7-16(12-14)24(25)26/h5-12H,1-4H3. The Bertz CT molecular complexity index is 1050. The Labute approximate surface area is 168 Å². The van der Waals surface area contributed by atoms with Gasteiger partial charge in [0.2, 0.25) is 5.82 Å².